The number of benzene rings is 2. The summed E-state index contributed by atoms with van der Waals surface area (Å²) in [5.74, 6) is 0.469. The van der Waals surface area contributed by atoms with Gasteiger partial charge in [0.05, 0.1) is 7.11 Å². The highest BCUT2D eigenvalue weighted by Crippen LogP contribution is 2.11. The largest absolute Gasteiger partial charge is 0.497 e. The SMILES string of the molecule is COc1ccc(C(=O)NCCNC(=O)CCc2ccc(Cl)cc2)cc1. The van der Waals surface area contributed by atoms with Gasteiger partial charge in [0, 0.05) is 30.1 Å². The third kappa shape index (κ3) is 6.47. The number of hydrogen-bond acceptors (Lipinski definition) is 3. The fourth-order valence-corrected chi connectivity index (χ4v) is 2.35. The molecule has 0 bridgehead atoms. The molecular formula is C19H21ClN2O3. The van der Waals surface area contributed by atoms with E-state index in [2.05, 4.69) is 10.6 Å². The Bertz CT molecular complexity index is 700. The number of rotatable bonds is 8. The maximum absolute atomic E-state index is 12.0. The highest BCUT2D eigenvalue weighted by atomic mass is 35.5. The van der Waals surface area contributed by atoms with Crippen molar-refractivity contribution < 1.29 is 14.3 Å². The number of carbonyl (C=O) groups excluding carboxylic acids is 2. The van der Waals surface area contributed by atoms with Crippen molar-refractivity contribution in [1.29, 1.82) is 0 Å². The number of amides is 2. The molecule has 0 spiro atoms. The molecule has 0 atom stereocenters. The van der Waals surface area contributed by atoms with Gasteiger partial charge in [-0.1, -0.05) is 23.7 Å². The van der Waals surface area contributed by atoms with Gasteiger partial charge in [0.1, 0.15) is 5.75 Å². The molecule has 5 nitrogen and oxygen atoms in total. The molecule has 0 fully saturated rings. The van der Waals surface area contributed by atoms with E-state index in [1.807, 2.05) is 24.3 Å². The van der Waals surface area contributed by atoms with Crippen LogP contribution in [0, 0.1) is 0 Å². The average Bonchev–Trinajstić information content (AvgIpc) is 2.64. The number of carbonyl (C=O) groups is 2. The number of nitrogens with one attached hydrogen (secondary N) is 2. The summed E-state index contributed by atoms with van der Waals surface area (Å²) in [5, 5.41) is 6.23. The van der Waals surface area contributed by atoms with E-state index in [0.29, 0.717) is 42.3 Å². The van der Waals surface area contributed by atoms with Gasteiger partial charge in [0.25, 0.3) is 5.91 Å². The Hall–Kier alpha value is -2.53. The Balaban J connectivity index is 1.63. The molecule has 2 N–H and O–H groups in total. The van der Waals surface area contributed by atoms with E-state index < -0.39 is 0 Å². The molecule has 2 rings (SSSR count). The molecule has 0 aliphatic carbocycles. The van der Waals surface area contributed by atoms with Crippen LogP contribution in [0.15, 0.2) is 48.5 Å². The molecule has 25 heavy (non-hydrogen) atoms. The zero-order chi connectivity index (χ0) is 18.1. The minimum Gasteiger partial charge on any atom is -0.497 e. The second-order valence-corrected chi connectivity index (χ2v) is 5.90. The van der Waals surface area contributed by atoms with E-state index in [1.165, 1.54) is 0 Å². The van der Waals surface area contributed by atoms with Gasteiger partial charge in [-0.25, -0.2) is 0 Å². The van der Waals surface area contributed by atoms with Gasteiger partial charge in [-0.3, -0.25) is 9.59 Å². The standard InChI is InChI=1S/C19H21ClN2O3/c1-25-17-9-5-15(6-10-17)19(24)22-13-12-21-18(23)11-4-14-2-7-16(20)8-3-14/h2-3,5-10H,4,11-13H2,1H3,(H,21,23)(H,22,24). The molecule has 0 saturated carbocycles. The third-order valence-corrected chi connectivity index (χ3v) is 3.89. The molecule has 2 amide bonds. The van der Waals surface area contributed by atoms with Crippen molar-refractivity contribution in [3.05, 3.63) is 64.7 Å². The van der Waals surface area contributed by atoms with Crippen molar-refractivity contribution in [2.75, 3.05) is 20.2 Å². The molecule has 2 aromatic carbocycles. The molecule has 0 aliphatic heterocycles. The summed E-state index contributed by atoms with van der Waals surface area (Å²) in [6.45, 7) is 0.763. The average molecular weight is 361 g/mol. The maximum atomic E-state index is 12.0. The van der Waals surface area contributed by atoms with E-state index in [0.717, 1.165) is 5.56 Å². The first-order chi connectivity index (χ1) is 12.1. The lowest BCUT2D eigenvalue weighted by Crippen LogP contribution is -2.34. The number of halogens is 1. The van der Waals surface area contributed by atoms with E-state index >= 15 is 0 Å². The molecule has 0 heterocycles. The van der Waals surface area contributed by atoms with Crippen LogP contribution in [0.3, 0.4) is 0 Å². The van der Waals surface area contributed by atoms with Crippen LogP contribution in [0.5, 0.6) is 5.75 Å². The van der Waals surface area contributed by atoms with Crippen LogP contribution in [0.25, 0.3) is 0 Å². The summed E-state index contributed by atoms with van der Waals surface area (Å²) in [5.41, 5.74) is 1.61. The Morgan fingerprint density at radius 2 is 1.60 bits per heavy atom. The van der Waals surface area contributed by atoms with Crippen molar-refractivity contribution in [2.45, 2.75) is 12.8 Å². The Labute approximate surface area is 152 Å². The van der Waals surface area contributed by atoms with Crippen molar-refractivity contribution in [3.8, 4) is 5.75 Å². The second kappa shape index (κ2) is 9.69. The summed E-state index contributed by atoms with van der Waals surface area (Å²) in [4.78, 5) is 23.8. The number of methoxy groups -OCH3 is 1. The second-order valence-electron chi connectivity index (χ2n) is 5.46. The molecule has 6 heteroatoms. The van der Waals surface area contributed by atoms with E-state index in [9.17, 15) is 9.59 Å². The van der Waals surface area contributed by atoms with E-state index in [-0.39, 0.29) is 11.8 Å². The Morgan fingerprint density at radius 1 is 0.960 bits per heavy atom. The van der Waals surface area contributed by atoms with Crippen LogP contribution in [0.2, 0.25) is 5.02 Å². The first-order valence-corrected chi connectivity index (χ1v) is 8.39. The quantitative estimate of drug-likeness (QED) is 0.711. The maximum Gasteiger partial charge on any atom is 0.251 e. The van der Waals surface area contributed by atoms with Crippen LogP contribution in [-0.2, 0) is 11.2 Å². The molecule has 0 aliphatic rings. The molecule has 0 saturated heterocycles. The number of hydrogen-bond donors (Lipinski definition) is 2. The monoisotopic (exact) mass is 360 g/mol. The van der Waals surface area contributed by atoms with E-state index in [1.54, 1.807) is 31.4 Å². The van der Waals surface area contributed by atoms with Gasteiger partial charge >= 0.3 is 0 Å². The molecular weight excluding hydrogens is 340 g/mol. The highest BCUT2D eigenvalue weighted by Gasteiger charge is 2.06. The molecule has 0 radical (unpaired) electrons. The summed E-state index contributed by atoms with van der Waals surface area (Å²) in [7, 11) is 1.57. The van der Waals surface area contributed by atoms with Crippen molar-refractivity contribution in [1.82, 2.24) is 10.6 Å². The predicted molar refractivity (Wildman–Crippen MR) is 98.1 cm³/mol. The van der Waals surface area contributed by atoms with Gasteiger partial charge < -0.3 is 15.4 Å². The van der Waals surface area contributed by atoms with Gasteiger partial charge in [0.2, 0.25) is 5.91 Å². The highest BCUT2D eigenvalue weighted by molar-refractivity contribution is 6.30. The van der Waals surface area contributed by atoms with Crippen molar-refractivity contribution in [3.63, 3.8) is 0 Å². The molecule has 132 valence electrons. The Kier molecular flexibility index (Phi) is 7.29. The first kappa shape index (κ1) is 18.8. The smallest absolute Gasteiger partial charge is 0.251 e. The van der Waals surface area contributed by atoms with Crippen LogP contribution in [0.4, 0.5) is 0 Å². The van der Waals surface area contributed by atoms with Crippen LogP contribution in [0.1, 0.15) is 22.3 Å². The molecule has 0 aromatic heterocycles. The zero-order valence-electron chi connectivity index (χ0n) is 14.0. The summed E-state index contributed by atoms with van der Waals surface area (Å²) in [6.07, 6.45) is 1.05. The van der Waals surface area contributed by atoms with Gasteiger partial charge in [-0.2, -0.15) is 0 Å². The zero-order valence-corrected chi connectivity index (χ0v) is 14.8. The normalized spacial score (nSPS) is 10.2. The van der Waals surface area contributed by atoms with Gasteiger partial charge in [-0.05, 0) is 48.4 Å². The predicted octanol–water partition coefficient (Wildman–Crippen LogP) is 2.83. The fourth-order valence-electron chi connectivity index (χ4n) is 2.22. The van der Waals surface area contributed by atoms with Crippen molar-refractivity contribution in [2.24, 2.45) is 0 Å². The summed E-state index contributed by atoms with van der Waals surface area (Å²) < 4.78 is 5.05. The Morgan fingerprint density at radius 3 is 2.24 bits per heavy atom. The summed E-state index contributed by atoms with van der Waals surface area (Å²) >= 11 is 5.82. The van der Waals surface area contributed by atoms with Crippen LogP contribution >= 0.6 is 11.6 Å². The number of ether oxygens (including phenoxy) is 1. The van der Waals surface area contributed by atoms with Crippen LogP contribution in [-0.4, -0.2) is 32.0 Å². The minimum atomic E-state index is -0.182. The van der Waals surface area contributed by atoms with Crippen molar-refractivity contribution >= 4 is 23.4 Å². The lowest BCUT2D eigenvalue weighted by atomic mass is 10.1. The van der Waals surface area contributed by atoms with Crippen LogP contribution < -0.4 is 15.4 Å². The third-order valence-electron chi connectivity index (χ3n) is 3.64. The molecule has 0 unspecified atom stereocenters. The minimum absolute atomic E-state index is 0.0475. The lowest BCUT2D eigenvalue weighted by Gasteiger charge is -2.08. The lowest BCUT2D eigenvalue weighted by molar-refractivity contribution is -0.121. The fraction of sp³-hybridized carbons (Fsp3) is 0.263. The van der Waals surface area contributed by atoms with Gasteiger partial charge in [-0.15, -0.1) is 0 Å². The first-order valence-electron chi connectivity index (χ1n) is 8.02. The van der Waals surface area contributed by atoms with Gasteiger partial charge in [0.15, 0.2) is 0 Å². The topological polar surface area (TPSA) is 67.4 Å². The van der Waals surface area contributed by atoms with E-state index in [4.69, 9.17) is 16.3 Å². The molecule has 2 aromatic rings. The summed E-state index contributed by atoms with van der Waals surface area (Å²) in [6, 6.07) is 14.3. The number of aryl methyl sites for hydroxylation is 1.